The monoisotopic (exact) mass is 371 g/mol. The molecule has 1 aliphatic heterocycles. The zero-order chi connectivity index (χ0) is 17.5. The van der Waals surface area contributed by atoms with E-state index in [9.17, 15) is 4.79 Å². The van der Waals surface area contributed by atoms with Crippen LogP contribution in [-0.4, -0.2) is 34.7 Å². The van der Waals surface area contributed by atoms with Crippen LogP contribution in [0.4, 0.5) is 0 Å². The van der Waals surface area contributed by atoms with Gasteiger partial charge in [0.1, 0.15) is 0 Å². The predicted octanol–water partition coefficient (Wildman–Crippen LogP) is 5.93. The van der Waals surface area contributed by atoms with Crippen LogP contribution < -0.4 is 0 Å². The number of carbonyl (C=O) groups excluding carboxylic acids is 1. The summed E-state index contributed by atoms with van der Waals surface area (Å²) in [5, 5.41) is 0. The van der Waals surface area contributed by atoms with E-state index < -0.39 is 6.04 Å². The van der Waals surface area contributed by atoms with Gasteiger partial charge in [-0.05, 0) is 6.42 Å². The maximum atomic E-state index is 12.0. The number of carbonyl (C=O) groups is 1. The minimum absolute atomic E-state index is 0.311. The van der Waals surface area contributed by atoms with E-state index in [2.05, 4.69) is 11.8 Å². The highest BCUT2D eigenvalue weighted by atomic mass is 32.2. The van der Waals surface area contributed by atoms with Crippen molar-refractivity contribution in [3.8, 4) is 0 Å². The van der Waals surface area contributed by atoms with Crippen LogP contribution in [-0.2, 0) is 9.53 Å². The maximum absolute atomic E-state index is 12.0. The molecule has 0 aromatic heterocycles. The molecule has 1 rings (SSSR count). The van der Waals surface area contributed by atoms with Crippen molar-refractivity contribution in [3.63, 3.8) is 0 Å². The second kappa shape index (κ2) is 15.0. The van der Waals surface area contributed by atoms with Crippen LogP contribution in [0, 0.1) is 6.57 Å². The van der Waals surface area contributed by atoms with Gasteiger partial charge < -0.3 is 9.58 Å². The Hall–Kier alpha value is -0.340. The Labute approximate surface area is 156 Å². The van der Waals surface area contributed by atoms with Crippen LogP contribution in [0.5, 0.6) is 0 Å². The standard InChI is InChI=1S/C19H33NO2S2/c1-3-4-5-6-7-8-9-10-11-12-13-22-19(21)17(20-2)16-18-23-14-15-24-18/h17-18H,3-16H2,1H3. The summed E-state index contributed by atoms with van der Waals surface area (Å²) in [7, 11) is 0. The highest BCUT2D eigenvalue weighted by Crippen LogP contribution is 2.35. The molecular formula is C19H33NO2S2. The first-order chi connectivity index (χ1) is 11.8. The average Bonchev–Trinajstić information content (AvgIpc) is 3.10. The summed E-state index contributed by atoms with van der Waals surface area (Å²) in [5.74, 6) is 1.95. The molecule has 1 saturated heterocycles. The molecule has 0 aliphatic carbocycles. The molecule has 24 heavy (non-hydrogen) atoms. The molecule has 5 heteroatoms. The summed E-state index contributed by atoms with van der Waals surface area (Å²) in [6.07, 6.45) is 13.3. The lowest BCUT2D eigenvalue weighted by Gasteiger charge is -2.10. The zero-order valence-electron chi connectivity index (χ0n) is 15.1. The summed E-state index contributed by atoms with van der Waals surface area (Å²) < 4.78 is 5.70. The molecule has 0 aromatic carbocycles. The highest BCUT2D eigenvalue weighted by molar-refractivity contribution is 8.20. The lowest BCUT2D eigenvalue weighted by atomic mass is 10.1. The summed E-state index contributed by atoms with van der Waals surface area (Å²) in [4.78, 5) is 15.4. The van der Waals surface area contributed by atoms with E-state index >= 15 is 0 Å². The Kier molecular flexibility index (Phi) is 13.5. The van der Waals surface area contributed by atoms with E-state index in [1.165, 1.54) is 51.4 Å². The first-order valence-electron chi connectivity index (χ1n) is 9.54. The van der Waals surface area contributed by atoms with Gasteiger partial charge in [-0.3, -0.25) is 0 Å². The first kappa shape index (κ1) is 21.7. The van der Waals surface area contributed by atoms with Crippen molar-refractivity contribution in [2.45, 2.75) is 88.2 Å². The number of thioether (sulfide) groups is 2. The molecule has 0 spiro atoms. The Morgan fingerprint density at radius 1 is 1.04 bits per heavy atom. The summed E-state index contributed by atoms with van der Waals surface area (Å²) in [6, 6.07) is -0.601. The van der Waals surface area contributed by atoms with Crippen molar-refractivity contribution in [2.24, 2.45) is 0 Å². The molecule has 0 radical (unpaired) electrons. The lowest BCUT2D eigenvalue weighted by Crippen LogP contribution is -2.23. The quantitative estimate of drug-likeness (QED) is 0.215. The van der Waals surface area contributed by atoms with Gasteiger partial charge in [-0.2, -0.15) is 0 Å². The van der Waals surface area contributed by atoms with Gasteiger partial charge >= 0.3 is 12.0 Å². The number of hydrogen-bond acceptors (Lipinski definition) is 4. The number of esters is 1. The molecule has 3 nitrogen and oxygen atoms in total. The fourth-order valence-electron chi connectivity index (χ4n) is 2.79. The second-order valence-electron chi connectivity index (χ2n) is 6.40. The van der Waals surface area contributed by atoms with Crippen LogP contribution in [0.2, 0.25) is 0 Å². The number of ether oxygens (including phenoxy) is 1. The van der Waals surface area contributed by atoms with Crippen molar-refractivity contribution in [1.82, 2.24) is 0 Å². The zero-order valence-corrected chi connectivity index (χ0v) is 16.8. The van der Waals surface area contributed by atoms with Gasteiger partial charge in [0.25, 0.3) is 0 Å². The third-order valence-corrected chi connectivity index (χ3v) is 7.36. The largest absolute Gasteiger partial charge is 0.460 e. The molecule has 1 fully saturated rings. The number of rotatable bonds is 14. The minimum atomic E-state index is -0.601. The van der Waals surface area contributed by atoms with Gasteiger partial charge in [-0.25, -0.2) is 11.4 Å². The molecule has 1 unspecified atom stereocenters. The number of nitrogens with zero attached hydrogens (tertiary/aromatic N) is 1. The first-order valence-corrected chi connectivity index (χ1v) is 11.6. The van der Waals surface area contributed by atoms with Crippen molar-refractivity contribution in [3.05, 3.63) is 11.4 Å². The SMILES string of the molecule is [C-]#[N+]C(CC1SCCS1)C(=O)OCCCCCCCCCCCC. The predicted molar refractivity (Wildman–Crippen MR) is 107 cm³/mol. The van der Waals surface area contributed by atoms with Crippen LogP contribution in [0.15, 0.2) is 0 Å². The third-order valence-electron chi connectivity index (χ3n) is 4.28. The van der Waals surface area contributed by atoms with Crippen molar-refractivity contribution in [1.29, 1.82) is 0 Å². The Morgan fingerprint density at radius 3 is 2.12 bits per heavy atom. The van der Waals surface area contributed by atoms with E-state index in [1.807, 2.05) is 23.5 Å². The Balaban J connectivity index is 1.93. The third kappa shape index (κ3) is 10.5. The molecule has 138 valence electrons. The Bertz CT molecular complexity index is 365. The summed E-state index contributed by atoms with van der Waals surface area (Å²) in [6.45, 7) is 9.94. The van der Waals surface area contributed by atoms with Gasteiger partial charge in [-0.15, -0.1) is 23.5 Å². The molecule has 0 amide bonds. The van der Waals surface area contributed by atoms with Crippen LogP contribution in [0.25, 0.3) is 4.85 Å². The van der Waals surface area contributed by atoms with Gasteiger partial charge in [0, 0.05) is 11.5 Å². The van der Waals surface area contributed by atoms with Gasteiger partial charge in [0.15, 0.2) is 0 Å². The van der Waals surface area contributed by atoms with Gasteiger partial charge in [-0.1, -0.05) is 64.7 Å². The van der Waals surface area contributed by atoms with Crippen LogP contribution in [0.3, 0.4) is 0 Å². The summed E-state index contributed by atoms with van der Waals surface area (Å²) >= 11 is 3.72. The van der Waals surface area contributed by atoms with E-state index in [4.69, 9.17) is 11.3 Å². The van der Waals surface area contributed by atoms with Gasteiger partial charge in [0.2, 0.25) is 0 Å². The molecule has 1 heterocycles. The summed E-state index contributed by atoms with van der Waals surface area (Å²) in [5.41, 5.74) is 0. The molecular weight excluding hydrogens is 338 g/mol. The normalized spacial score (nSPS) is 16.0. The van der Waals surface area contributed by atoms with E-state index in [1.54, 1.807) is 0 Å². The van der Waals surface area contributed by atoms with Crippen molar-refractivity contribution >= 4 is 29.5 Å². The minimum Gasteiger partial charge on any atom is -0.460 e. The molecule has 0 bridgehead atoms. The Morgan fingerprint density at radius 2 is 1.58 bits per heavy atom. The number of hydrogen-bond donors (Lipinski definition) is 0. The highest BCUT2D eigenvalue weighted by Gasteiger charge is 2.31. The van der Waals surface area contributed by atoms with E-state index in [-0.39, 0.29) is 5.97 Å². The molecule has 0 saturated carbocycles. The van der Waals surface area contributed by atoms with E-state index in [0.29, 0.717) is 17.6 Å². The second-order valence-corrected chi connectivity index (χ2v) is 9.32. The lowest BCUT2D eigenvalue weighted by molar-refractivity contribution is -0.144. The van der Waals surface area contributed by atoms with Crippen LogP contribution in [0.1, 0.15) is 77.6 Å². The molecule has 0 aromatic rings. The fraction of sp³-hybridized carbons (Fsp3) is 0.895. The van der Waals surface area contributed by atoms with Gasteiger partial charge in [0.05, 0.1) is 17.6 Å². The fourth-order valence-corrected chi connectivity index (χ4v) is 5.68. The molecule has 1 atom stereocenters. The topological polar surface area (TPSA) is 30.7 Å². The van der Waals surface area contributed by atoms with Crippen LogP contribution >= 0.6 is 23.5 Å². The maximum Gasteiger partial charge on any atom is 0.390 e. The molecule has 1 aliphatic rings. The smallest absolute Gasteiger partial charge is 0.390 e. The van der Waals surface area contributed by atoms with Crippen molar-refractivity contribution in [2.75, 3.05) is 18.1 Å². The average molecular weight is 372 g/mol. The van der Waals surface area contributed by atoms with Crippen molar-refractivity contribution < 1.29 is 9.53 Å². The molecule has 0 N–H and O–H groups in total. The van der Waals surface area contributed by atoms with E-state index in [0.717, 1.165) is 24.3 Å². The number of unbranched alkanes of at least 4 members (excludes halogenated alkanes) is 9.